The molecule has 2 aliphatic carbocycles. The molecule has 0 spiro atoms. The number of rotatable bonds is 20. The zero-order chi connectivity index (χ0) is 54.1. The summed E-state index contributed by atoms with van der Waals surface area (Å²) in [6.07, 6.45) is 17.7. The van der Waals surface area contributed by atoms with E-state index in [1.54, 1.807) is 0 Å². The van der Waals surface area contributed by atoms with E-state index in [0.717, 1.165) is 64.2 Å². The van der Waals surface area contributed by atoms with Gasteiger partial charge in [-0.05, 0) is 95.9 Å². The second-order valence-corrected chi connectivity index (χ2v) is 21.9. The van der Waals surface area contributed by atoms with Crippen molar-refractivity contribution in [1.29, 1.82) is 0 Å². The van der Waals surface area contributed by atoms with Gasteiger partial charge in [0.1, 0.15) is 0 Å². The molecular formula is C80H70Sm-2. The van der Waals surface area contributed by atoms with Gasteiger partial charge in [0.15, 0.2) is 0 Å². The van der Waals surface area contributed by atoms with Crippen LogP contribution in [0, 0.1) is 63.4 Å². The van der Waals surface area contributed by atoms with Gasteiger partial charge in [-0.15, -0.1) is 0 Å². The fourth-order valence-electron chi connectivity index (χ4n) is 12.4. The van der Waals surface area contributed by atoms with Crippen molar-refractivity contribution in [3.05, 3.63) is 405 Å². The molecule has 0 radical (unpaired) electrons. The van der Waals surface area contributed by atoms with Crippen LogP contribution in [0.4, 0.5) is 0 Å². The third kappa shape index (κ3) is 15.1. The summed E-state index contributed by atoms with van der Waals surface area (Å²) < 4.78 is 0. The van der Waals surface area contributed by atoms with Crippen LogP contribution in [0.1, 0.15) is 55.6 Å². The minimum Gasteiger partial charge on any atom is -0.261 e. The number of hydrogen-bond donors (Lipinski definition) is 0. The molecule has 2 aliphatic rings. The molecule has 398 valence electrons. The second kappa shape index (κ2) is 28.3. The Bertz CT molecular complexity index is 3300. The first-order valence-electron chi connectivity index (χ1n) is 28.7. The molecule has 0 aliphatic heterocycles. The Morgan fingerprint density at radius 1 is 0.198 bits per heavy atom. The van der Waals surface area contributed by atoms with Gasteiger partial charge in [0.05, 0.1) is 0 Å². The second-order valence-electron chi connectivity index (χ2n) is 21.9. The van der Waals surface area contributed by atoms with Crippen LogP contribution in [-0.2, 0) is 64.2 Å². The van der Waals surface area contributed by atoms with Gasteiger partial charge in [0, 0.05) is 40.4 Å². The number of allylic oxidation sites excluding steroid dienone is 8. The molecule has 10 aromatic rings. The summed E-state index contributed by atoms with van der Waals surface area (Å²) in [5.74, 6) is 0. The molecule has 0 aromatic heterocycles. The summed E-state index contributed by atoms with van der Waals surface area (Å²) in [5, 5.41) is 0. The molecule has 0 amide bonds. The third-order valence-corrected chi connectivity index (χ3v) is 16.1. The van der Waals surface area contributed by atoms with E-state index in [9.17, 15) is 0 Å². The van der Waals surface area contributed by atoms with Gasteiger partial charge in [0.25, 0.3) is 0 Å². The predicted octanol–water partition coefficient (Wildman–Crippen LogP) is 18.5. The SMILES string of the molecule is [C-]1=C(Cc2ccccc2)C(Cc2ccccc2)=C(Cc2ccccc2)C1(Cc1ccccc1)Cc1ccccc1.[C-]1=C(Cc2ccccc2)C(Cc2ccccc2)=C(Cc2ccccc2)C1(Cc1ccccc1)Cc1ccccc1.[Sm]. The van der Waals surface area contributed by atoms with E-state index in [-0.39, 0.29) is 51.2 Å². The van der Waals surface area contributed by atoms with Gasteiger partial charge < -0.3 is 0 Å². The van der Waals surface area contributed by atoms with Crippen molar-refractivity contribution < 1.29 is 40.4 Å². The average Bonchev–Trinajstić information content (AvgIpc) is 3.93. The number of hydrogen-bond acceptors (Lipinski definition) is 0. The smallest absolute Gasteiger partial charge is 0 e. The molecule has 0 fully saturated rings. The molecule has 10 aromatic carbocycles. The quantitative estimate of drug-likeness (QED) is 0.0667. The summed E-state index contributed by atoms with van der Waals surface area (Å²) >= 11 is 0. The fraction of sp³-hybridized carbons (Fsp3) is 0.150. The molecule has 0 unspecified atom stereocenters. The largest absolute Gasteiger partial charge is 0.261 e. The van der Waals surface area contributed by atoms with Crippen LogP contribution in [0.5, 0.6) is 0 Å². The summed E-state index contributed by atoms with van der Waals surface area (Å²) in [5.41, 5.74) is 21.7. The van der Waals surface area contributed by atoms with Gasteiger partial charge in [-0.1, -0.05) is 338 Å². The maximum absolute atomic E-state index is 4.23. The van der Waals surface area contributed by atoms with Crippen molar-refractivity contribution >= 4 is 0 Å². The average molecular weight is 1180 g/mol. The Balaban J connectivity index is 0.000000180. The molecule has 0 N–H and O–H groups in total. The summed E-state index contributed by atoms with van der Waals surface area (Å²) in [6, 6.07) is 110. The molecule has 0 heterocycles. The fourth-order valence-corrected chi connectivity index (χ4v) is 12.4. The van der Waals surface area contributed by atoms with Gasteiger partial charge in [-0.25, -0.2) is 11.1 Å². The summed E-state index contributed by atoms with van der Waals surface area (Å²) in [7, 11) is 0. The monoisotopic (exact) mass is 1180 g/mol. The van der Waals surface area contributed by atoms with Crippen molar-refractivity contribution in [2.75, 3.05) is 0 Å². The third-order valence-electron chi connectivity index (χ3n) is 16.1. The van der Waals surface area contributed by atoms with Crippen LogP contribution in [0.2, 0.25) is 0 Å². The molecule has 12 rings (SSSR count). The minimum atomic E-state index is -0.229. The van der Waals surface area contributed by atoms with Crippen molar-refractivity contribution in [2.45, 2.75) is 64.2 Å². The Kier molecular flexibility index (Phi) is 19.8. The standard InChI is InChI=1S/2C40H35.Sm/c2*1-6-16-32(17-7-1)26-37-31-40(29-35-22-12-4-13-23-35,30-36-24-14-5-15-25-36)39(28-34-20-10-3-11-21-34)38(37)27-33-18-8-2-9-19-33;/h2*1-25H,26-30H2;/q2*-1;. The first-order chi connectivity index (χ1) is 39.5. The van der Waals surface area contributed by atoms with Crippen LogP contribution < -0.4 is 0 Å². The summed E-state index contributed by atoms with van der Waals surface area (Å²) in [4.78, 5) is 0. The van der Waals surface area contributed by atoms with Crippen molar-refractivity contribution in [1.82, 2.24) is 0 Å². The van der Waals surface area contributed by atoms with Crippen molar-refractivity contribution in [2.24, 2.45) is 10.8 Å². The van der Waals surface area contributed by atoms with E-state index in [1.165, 1.54) is 89.1 Å². The molecule has 0 nitrogen and oxygen atoms in total. The van der Waals surface area contributed by atoms with E-state index in [2.05, 4.69) is 315 Å². The Morgan fingerprint density at radius 2 is 0.370 bits per heavy atom. The maximum atomic E-state index is 4.23. The Morgan fingerprint density at radius 3 is 0.580 bits per heavy atom. The van der Waals surface area contributed by atoms with Crippen LogP contribution in [0.15, 0.2) is 337 Å². The molecule has 0 atom stereocenters. The first kappa shape index (κ1) is 56.8. The van der Waals surface area contributed by atoms with E-state index < -0.39 is 0 Å². The van der Waals surface area contributed by atoms with E-state index in [4.69, 9.17) is 0 Å². The molecule has 0 bridgehead atoms. The van der Waals surface area contributed by atoms with Gasteiger partial charge in [-0.3, -0.25) is 12.2 Å². The molecular weight excluding hydrogens is 1110 g/mol. The molecule has 81 heavy (non-hydrogen) atoms. The van der Waals surface area contributed by atoms with Crippen LogP contribution in [-0.4, -0.2) is 0 Å². The first-order valence-corrected chi connectivity index (χ1v) is 28.7. The molecule has 0 saturated carbocycles. The van der Waals surface area contributed by atoms with E-state index >= 15 is 0 Å². The van der Waals surface area contributed by atoms with Gasteiger partial charge in [0.2, 0.25) is 0 Å². The summed E-state index contributed by atoms with van der Waals surface area (Å²) in [6.45, 7) is 0. The van der Waals surface area contributed by atoms with Crippen LogP contribution in [0.25, 0.3) is 0 Å². The van der Waals surface area contributed by atoms with Crippen LogP contribution >= 0.6 is 0 Å². The normalized spacial score (nSPS) is 14.1. The minimum absolute atomic E-state index is 0. The zero-order valence-electron chi connectivity index (χ0n) is 46.3. The van der Waals surface area contributed by atoms with Crippen LogP contribution in [0.3, 0.4) is 0 Å². The molecule has 0 saturated heterocycles. The van der Waals surface area contributed by atoms with Crippen molar-refractivity contribution in [3.63, 3.8) is 0 Å². The Labute approximate surface area is 515 Å². The Hall–Kier alpha value is -7.50. The molecule has 1 heteroatoms. The maximum Gasteiger partial charge on any atom is 0 e. The zero-order valence-corrected chi connectivity index (χ0v) is 49.0. The van der Waals surface area contributed by atoms with E-state index in [1.807, 2.05) is 0 Å². The topological polar surface area (TPSA) is 0 Å². The van der Waals surface area contributed by atoms with Gasteiger partial charge >= 0.3 is 0 Å². The van der Waals surface area contributed by atoms with Gasteiger partial charge in [-0.2, -0.15) is 22.3 Å². The van der Waals surface area contributed by atoms with E-state index in [0.29, 0.717) is 0 Å². The number of benzene rings is 10. The van der Waals surface area contributed by atoms with Crippen molar-refractivity contribution in [3.8, 4) is 0 Å². The predicted molar refractivity (Wildman–Crippen MR) is 334 cm³/mol.